The molecule has 0 fully saturated rings. The Kier molecular flexibility index (Phi) is 5.39. The van der Waals surface area contributed by atoms with E-state index >= 15 is 0 Å². The Morgan fingerprint density at radius 2 is 2.00 bits per heavy atom. The quantitative estimate of drug-likeness (QED) is 0.774. The average molecular weight is 393 g/mol. The molecule has 1 heterocycles. The van der Waals surface area contributed by atoms with Crippen LogP contribution >= 0.6 is 23.2 Å². The molecule has 5 nitrogen and oxygen atoms in total. The lowest BCUT2D eigenvalue weighted by Crippen LogP contribution is -2.20. The summed E-state index contributed by atoms with van der Waals surface area (Å²) in [5, 5.41) is 6.47. The number of hydrogen-bond acceptors (Lipinski definition) is 3. The molecule has 2 amide bonds. The van der Waals surface area contributed by atoms with Crippen molar-refractivity contribution in [2.24, 2.45) is 5.92 Å². The monoisotopic (exact) mass is 392 g/mol. The summed E-state index contributed by atoms with van der Waals surface area (Å²) in [6.07, 6.45) is 0. The third-order valence-corrected chi connectivity index (χ3v) is 4.66. The number of nitrogens with one attached hydrogen (secondary N) is 2. The van der Waals surface area contributed by atoms with E-state index in [4.69, 9.17) is 27.9 Å². The maximum atomic E-state index is 12.2. The lowest BCUT2D eigenvalue weighted by molar-refractivity contribution is -0.118. The van der Waals surface area contributed by atoms with Gasteiger partial charge in [-0.2, -0.15) is 0 Å². The van der Waals surface area contributed by atoms with Gasteiger partial charge in [0.1, 0.15) is 5.75 Å². The molecule has 26 heavy (non-hydrogen) atoms. The normalized spacial score (nSPS) is 15.6. The summed E-state index contributed by atoms with van der Waals surface area (Å²) in [6, 6.07) is 10.2. The highest BCUT2D eigenvalue weighted by Gasteiger charge is 2.33. The van der Waals surface area contributed by atoms with E-state index < -0.39 is 0 Å². The molecular formula is C19H18Cl2N2O3. The molecule has 0 aromatic heterocycles. The topological polar surface area (TPSA) is 67.4 Å². The maximum absolute atomic E-state index is 12.2. The Bertz CT molecular complexity index is 868. The van der Waals surface area contributed by atoms with Crippen LogP contribution in [0.2, 0.25) is 10.0 Å². The molecule has 7 heteroatoms. The number of amides is 2. The Labute approximate surface area is 161 Å². The Morgan fingerprint density at radius 3 is 2.69 bits per heavy atom. The summed E-state index contributed by atoms with van der Waals surface area (Å²) in [5.41, 5.74) is 2.29. The highest BCUT2D eigenvalue weighted by Crippen LogP contribution is 2.38. The van der Waals surface area contributed by atoms with Crippen molar-refractivity contribution in [2.75, 3.05) is 17.2 Å². The summed E-state index contributed by atoms with van der Waals surface area (Å²) in [5.74, 6) is -0.00747. The molecule has 0 bridgehead atoms. The van der Waals surface area contributed by atoms with Crippen LogP contribution in [0.25, 0.3) is 0 Å². The molecule has 136 valence electrons. The Balaban J connectivity index is 1.66. The first-order chi connectivity index (χ1) is 12.3. The number of benzene rings is 2. The smallest absolute Gasteiger partial charge is 0.262 e. The van der Waals surface area contributed by atoms with Crippen LogP contribution in [0.15, 0.2) is 36.4 Å². The summed E-state index contributed by atoms with van der Waals surface area (Å²) in [4.78, 5) is 24.2. The van der Waals surface area contributed by atoms with E-state index in [9.17, 15) is 9.59 Å². The summed E-state index contributed by atoms with van der Waals surface area (Å²) < 4.78 is 5.43. The fourth-order valence-electron chi connectivity index (χ4n) is 2.96. The van der Waals surface area contributed by atoms with Crippen LogP contribution < -0.4 is 15.4 Å². The van der Waals surface area contributed by atoms with Crippen LogP contribution in [0.4, 0.5) is 11.4 Å². The Morgan fingerprint density at radius 1 is 1.23 bits per heavy atom. The second kappa shape index (κ2) is 7.56. The molecule has 0 aliphatic carbocycles. The molecule has 0 saturated heterocycles. The first-order valence-corrected chi connectivity index (χ1v) is 8.93. The second-order valence-corrected chi connectivity index (χ2v) is 7.27. The number of halogens is 2. The maximum Gasteiger partial charge on any atom is 0.262 e. The summed E-state index contributed by atoms with van der Waals surface area (Å²) in [6.45, 7) is 3.80. The van der Waals surface area contributed by atoms with Gasteiger partial charge in [0, 0.05) is 16.4 Å². The third-order valence-electron chi connectivity index (χ3n) is 4.13. The van der Waals surface area contributed by atoms with Crippen molar-refractivity contribution in [1.82, 2.24) is 0 Å². The van der Waals surface area contributed by atoms with Gasteiger partial charge < -0.3 is 15.4 Å². The van der Waals surface area contributed by atoms with Crippen molar-refractivity contribution in [1.29, 1.82) is 0 Å². The fraction of sp³-hybridized carbons (Fsp3) is 0.263. The zero-order valence-electron chi connectivity index (χ0n) is 14.3. The zero-order valence-corrected chi connectivity index (χ0v) is 15.8. The highest BCUT2D eigenvalue weighted by atomic mass is 35.5. The van der Waals surface area contributed by atoms with Gasteiger partial charge in [0.15, 0.2) is 6.61 Å². The number of fused-ring (bicyclic) bond motifs is 1. The van der Waals surface area contributed by atoms with Crippen molar-refractivity contribution in [3.8, 4) is 5.75 Å². The Hall–Kier alpha value is -2.24. The number of rotatable bonds is 5. The SMILES string of the molecule is CC(C)C1C(=O)Nc2ccc(NC(=O)COc3ccc(Cl)cc3Cl)cc21. The van der Waals surface area contributed by atoms with Crippen LogP contribution in [-0.2, 0) is 9.59 Å². The van der Waals surface area contributed by atoms with Gasteiger partial charge in [-0.3, -0.25) is 9.59 Å². The third kappa shape index (κ3) is 3.94. The number of hydrogen-bond donors (Lipinski definition) is 2. The molecule has 3 rings (SSSR count). The van der Waals surface area contributed by atoms with Crippen LogP contribution in [0.5, 0.6) is 5.75 Å². The number of carbonyl (C=O) groups is 2. The van der Waals surface area contributed by atoms with E-state index in [-0.39, 0.29) is 30.3 Å². The lowest BCUT2D eigenvalue weighted by atomic mass is 9.89. The van der Waals surface area contributed by atoms with Gasteiger partial charge in [-0.1, -0.05) is 37.0 Å². The van der Waals surface area contributed by atoms with Gasteiger partial charge in [-0.05, 0) is 47.9 Å². The van der Waals surface area contributed by atoms with Crippen LogP contribution in [0, 0.1) is 5.92 Å². The number of carbonyl (C=O) groups excluding carboxylic acids is 2. The van der Waals surface area contributed by atoms with Gasteiger partial charge in [0.25, 0.3) is 5.91 Å². The molecule has 1 atom stereocenters. The number of ether oxygens (including phenoxy) is 1. The predicted octanol–water partition coefficient (Wildman–Crippen LogP) is 4.70. The molecule has 0 saturated carbocycles. The van der Waals surface area contributed by atoms with Gasteiger partial charge in [0.05, 0.1) is 10.9 Å². The van der Waals surface area contributed by atoms with Gasteiger partial charge in [0.2, 0.25) is 5.91 Å². The van der Waals surface area contributed by atoms with E-state index in [0.717, 1.165) is 11.3 Å². The molecule has 0 spiro atoms. The molecular weight excluding hydrogens is 375 g/mol. The minimum atomic E-state index is -0.325. The first-order valence-electron chi connectivity index (χ1n) is 8.17. The molecule has 2 aromatic rings. The van der Waals surface area contributed by atoms with Crippen molar-refractivity contribution >= 4 is 46.4 Å². The zero-order chi connectivity index (χ0) is 18.8. The van der Waals surface area contributed by atoms with Crippen LogP contribution in [0.3, 0.4) is 0 Å². The van der Waals surface area contributed by atoms with Gasteiger partial charge >= 0.3 is 0 Å². The summed E-state index contributed by atoms with van der Waals surface area (Å²) in [7, 11) is 0. The molecule has 1 aliphatic rings. The van der Waals surface area contributed by atoms with Gasteiger partial charge in [-0.15, -0.1) is 0 Å². The summed E-state index contributed by atoms with van der Waals surface area (Å²) >= 11 is 11.8. The van der Waals surface area contributed by atoms with Crippen molar-refractivity contribution < 1.29 is 14.3 Å². The molecule has 2 N–H and O–H groups in total. The minimum absolute atomic E-state index is 0.0146. The van der Waals surface area contributed by atoms with Crippen molar-refractivity contribution in [3.05, 3.63) is 52.0 Å². The largest absolute Gasteiger partial charge is 0.482 e. The van der Waals surface area contributed by atoms with E-state index in [2.05, 4.69) is 10.6 Å². The standard InChI is InChI=1S/C19H18Cl2N2O3/c1-10(2)18-13-8-12(4-5-15(13)23-19(18)25)22-17(24)9-26-16-6-3-11(20)7-14(16)21/h3-8,10,18H,9H2,1-2H3,(H,22,24)(H,23,25). The van der Waals surface area contributed by atoms with E-state index in [1.54, 1.807) is 30.3 Å². The van der Waals surface area contributed by atoms with E-state index in [1.807, 2.05) is 19.9 Å². The minimum Gasteiger partial charge on any atom is -0.482 e. The average Bonchev–Trinajstić information content (AvgIpc) is 2.89. The first kappa shape index (κ1) is 18.5. The van der Waals surface area contributed by atoms with Crippen molar-refractivity contribution in [3.63, 3.8) is 0 Å². The fourth-order valence-corrected chi connectivity index (χ4v) is 3.42. The van der Waals surface area contributed by atoms with Gasteiger partial charge in [-0.25, -0.2) is 0 Å². The van der Waals surface area contributed by atoms with Crippen molar-refractivity contribution in [2.45, 2.75) is 19.8 Å². The predicted molar refractivity (Wildman–Crippen MR) is 103 cm³/mol. The van der Waals surface area contributed by atoms with E-state index in [0.29, 0.717) is 21.5 Å². The van der Waals surface area contributed by atoms with E-state index in [1.165, 1.54) is 0 Å². The highest BCUT2D eigenvalue weighted by molar-refractivity contribution is 6.35. The lowest BCUT2D eigenvalue weighted by Gasteiger charge is -2.14. The second-order valence-electron chi connectivity index (χ2n) is 6.42. The number of anilines is 2. The van der Waals surface area contributed by atoms with Crippen LogP contribution in [-0.4, -0.2) is 18.4 Å². The molecule has 1 unspecified atom stereocenters. The van der Waals surface area contributed by atoms with Crippen LogP contribution in [0.1, 0.15) is 25.3 Å². The molecule has 1 aliphatic heterocycles. The molecule has 2 aromatic carbocycles. The molecule has 0 radical (unpaired) electrons.